The molecule has 0 amide bonds. The number of benzene rings is 6. The number of azide groups is 1. The van der Waals surface area contributed by atoms with Crippen LogP contribution < -0.4 is 26.4 Å². The molecule has 29 heteroatoms. The Morgan fingerprint density at radius 2 is 0.704 bits per heavy atom. The molecule has 0 N–H and O–H groups in total. The van der Waals surface area contributed by atoms with Gasteiger partial charge in [-0.2, -0.15) is 132 Å². The Hall–Kier alpha value is -7.84. The van der Waals surface area contributed by atoms with Crippen molar-refractivity contribution in [2.75, 3.05) is 6.54 Å². The SMILES string of the molecule is FC(F)(F)c1cc([B-](c2cc(C(F)(F)F)cc(C(F)(F)F)c2)(c2cc(C(F)(F)F)cc(C(F)(F)F)c2)c2cc(C(F)(F)F)cc(C(F)(F)F)c2)cc(C(F)(F)F)c1.[N-]=[N+]=NCC=CCc1c2ccccc2cc[n+]1Cc1ccccc1. The first-order valence-electron chi connectivity index (χ1n) is 22.6. The van der Waals surface area contributed by atoms with Gasteiger partial charge in [0.1, 0.15) is 6.15 Å². The Morgan fingerprint density at radius 1 is 0.395 bits per heavy atom. The van der Waals surface area contributed by atoms with Crippen molar-refractivity contribution in [3.63, 3.8) is 0 Å². The van der Waals surface area contributed by atoms with E-state index in [1.807, 2.05) is 12.1 Å². The van der Waals surface area contributed by atoms with E-state index in [1.165, 1.54) is 22.0 Å². The van der Waals surface area contributed by atoms with Crippen LogP contribution in [0, 0.1) is 0 Å². The number of allylic oxidation sites excluding steroid dienone is 1. The fourth-order valence-corrected chi connectivity index (χ4v) is 8.90. The van der Waals surface area contributed by atoms with Crippen LogP contribution in [0.2, 0.25) is 0 Å². The van der Waals surface area contributed by atoms with E-state index in [1.54, 1.807) is 0 Å². The fourth-order valence-electron chi connectivity index (χ4n) is 8.90. The van der Waals surface area contributed by atoms with Crippen LogP contribution in [0.3, 0.4) is 0 Å². The molecule has 0 aliphatic carbocycles. The Kier molecular flexibility index (Phi) is 17.4. The van der Waals surface area contributed by atoms with E-state index in [0.29, 0.717) is 6.54 Å². The first-order chi connectivity index (χ1) is 37.1. The molecule has 0 aliphatic rings. The van der Waals surface area contributed by atoms with Crippen LogP contribution in [0.15, 0.2) is 157 Å². The number of halogens is 24. The Morgan fingerprint density at radius 3 is 1.01 bits per heavy atom. The molecule has 0 radical (unpaired) electrons. The van der Waals surface area contributed by atoms with Crippen LogP contribution in [-0.2, 0) is 62.4 Å². The molecule has 7 aromatic rings. The third kappa shape index (κ3) is 14.8. The van der Waals surface area contributed by atoms with Gasteiger partial charge in [0.25, 0.3) is 0 Å². The largest absolute Gasteiger partial charge is 0.416 e. The maximum absolute atomic E-state index is 14.2. The molecule has 0 bridgehead atoms. The van der Waals surface area contributed by atoms with Gasteiger partial charge in [-0.25, -0.2) is 0 Å². The minimum atomic E-state index is -6.13. The molecule has 0 aliphatic heterocycles. The molecule has 0 fully saturated rings. The van der Waals surface area contributed by atoms with Gasteiger partial charge in [0.2, 0.25) is 0 Å². The number of rotatable bonds is 10. The third-order valence-corrected chi connectivity index (χ3v) is 12.4. The number of hydrogen-bond donors (Lipinski definition) is 0. The van der Waals surface area contributed by atoms with Gasteiger partial charge in [-0.3, -0.25) is 0 Å². The van der Waals surface area contributed by atoms with Crippen LogP contribution in [0.25, 0.3) is 21.2 Å². The third-order valence-electron chi connectivity index (χ3n) is 12.4. The van der Waals surface area contributed by atoms with Crippen molar-refractivity contribution >= 4 is 38.8 Å². The lowest BCUT2D eigenvalue weighted by Crippen LogP contribution is -2.75. The molecule has 1 heterocycles. The fraction of sp³-hybridized carbons (Fsp3) is 0.212. The zero-order valence-corrected chi connectivity index (χ0v) is 40.0. The molecule has 0 atom stereocenters. The summed E-state index contributed by atoms with van der Waals surface area (Å²) in [5.74, 6) is 0. The summed E-state index contributed by atoms with van der Waals surface area (Å²) in [7, 11) is 0. The van der Waals surface area contributed by atoms with Crippen LogP contribution in [0.4, 0.5) is 105 Å². The van der Waals surface area contributed by atoms with Gasteiger partial charge >= 0.3 is 49.4 Å². The van der Waals surface area contributed by atoms with Crippen molar-refractivity contribution < 1.29 is 110 Å². The summed E-state index contributed by atoms with van der Waals surface area (Å²) in [5, 5.41) is 6.03. The first kappa shape index (κ1) is 62.4. The number of nitrogens with zero attached hydrogens (tertiary/aromatic N) is 4. The number of fused-ring (bicyclic) bond motifs is 1. The minimum Gasteiger partial charge on any atom is -0.197 e. The summed E-state index contributed by atoms with van der Waals surface area (Å²) in [6.45, 7) is 1.23. The minimum absolute atomic E-state index is 0.389. The smallest absolute Gasteiger partial charge is 0.197 e. The van der Waals surface area contributed by atoms with E-state index in [4.69, 9.17) is 5.53 Å². The molecule has 0 saturated carbocycles. The standard InChI is InChI=1S/C32H12BF24.C20H19N4/c34-25(35,36)13-1-14(26(37,38)39)6-21(5-13)33(22-7-15(27(40,41)42)2-16(8-22)28(43,44)45,23-9-17(29(46,47)48)3-18(10-23)30(49,50)51)24-11-19(31(52,53)54)4-20(12-24)32(55,56)57;21-23-22-14-7-6-12-20-19-11-5-4-10-18(19)13-15-24(20)16-17-8-2-1-3-9-17/h1-12H;1-11,13,15H,12,14,16H2/q-1;+1. The predicted octanol–water partition coefficient (Wildman–Crippen LogP) is 15.8. The maximum atomic E-state index is 14.2. The van der Waals surface area contributed by atoms with E-state index in [9.17, 15) is 105 Å². The van der Waals surface area contributed by atoms with E-state index in [0.717, 1.165) is 13.0 Å². The van der Waals surface area contributed by atoms with E-state index >= 15 is 0 Å². The molecular formula is C52H31BF24N4. The van der Waals surface area contributed by atoms with Gasteiger partial charge in [-0.05, 0) is 41.2 Å². The van der Waals surface area contributed by atoms with Crippen molar-refractivity contribution in [2.24, 2.45) is 5.11 Å². The molecule has 430 valence electrons. The summed E-state index contributed by atoms with van der Waals surface area (Å²) in [4.78, 5) is 2.77. The van der Waals surface area contributed by atoms with E-state index in [2.05, 4.69) is 81.5 Å². The van der Waals surface area contributed by atoms with Gasteiger partial charge in [-0.1, -0.05) is 114 Å². The van der Waals surface area contributed by atoms with Crippen molar-refractivity contribution in [2.45, 2.75) is 62.4 Å². The monoisotopic (exact) mass is 1180 g/mol. The molecular weight excluding hydrogens is 1150 g/mol. The lowest BCUT2D eigenvalue weighted by atomic mass is 9.12. The molecule has 6 aromatic carbocycles. The molecule has 7 rings (SSSR count). The molecule has 0 unspecified atom stereocenters. The quantitative estimate of drug-likeness (QED) is 0.0249. The maximum Gasteiger partial charge on any atom is 0.416 e. The highest BCUT2D eigenvalue weighted by Crippen LogP contribution is 2.41. The summed E-state index contributed by atoms with van der Waals surface area (Å²) in [6, 6.07) is 12.2. The second-order valence-corrected chi connectivity index (χ2v) is 17.8. The van der Waals surface area contributed by atoms with E-state index < -0.39 is 195 Å². The van der Waals surface area contributed by atoms with Crippen LogP contribution >= 0.6 is 0 Å². The molecule has 4 nitrogen and oxygen atoms in total. The molecule has 0 spiro atoms. The molecule has 81 heavy (non-hydrogen) atoms. The van der Waals surface area contributed by atoms with E-state index in [-0.39, 0.29) is 0 Å². The number of alkyl halides is 24. The lowest BCUT2D eigenvalue weighted by Gasteiger charge is -2.46. The van der Waals surface area contributed by atoms with Gasteiger partial charge in [0.05, 0.1) is 50.9 Å². The topological polar surface area (TPSA) is 52.6 Å². The first-order valence-corrected chi connectivity index (χ1v) is 22.6. The summed E-state index contributed by atoms with van der Waals surface area (Å²) < 4.78 is 343. The molecule has 0 saturated heterocycles. The highest BCUT2D eigenvalue weighted by atomic mass is 19.4. The van der Waals surface area contributed by atoms with Gasteiger partial charge in [0, 0.05) is 28.5 Å². The van der Waals surface area contributed by atoms with Gasteiger partial charge < -0.3 is 0 Å². The second-order valence-electron chi connectivity index (χ2n) is 17.8. The van der Waals surface area contributed by atoms with Crippen molar-refractivity contribution in [3.8, 4) is 0 Å². The van der Waals surface area contributed by atoms with Crippen LogP contribution in [0.5, 0.6) is 0 Å². The van der Waals surface area contributed by atoms with Gasteiger partial charge in [0.15, 0.2) is 18.4 Å². The highest BCUT2D eigenvalue weighted by Gasteiger charge is 2.47. The highest BCUT2D eigenvalue weighted by molar-refractivity contribution is 7.20. The van der Waals surface area contributed by atoms with Crippen molar-refractivity contribution in [1.29, 1.82) is 0 Å². The molecule has 1 aromatic heterocycles. The summed E-state index contributed by atoms with van der Waals surface area (Å²) in [6.07, 6.45) is -47.9. The number of aromatic nitrogens is 1. The lowest BCUT2D eigenvalue weighted by molar-refractivity contribution is -0.693. The summed E-state index contributed by atoms with van der Waals surface area (Å²) in [5.41, 5.74) is -19.3. The van der Waals surface area contributed by atoms with Crippen molar-refractivity contribution in [1.82, 2.24) is 0 Å². The zero-order chi connectivity index (χ0) is 60.5. The number of pyridine rings is 1. The second kappa shape index (κ2) is 22.6. The average Bonchev–Trinajstić information content (AvgIpc) is 3.49. The normalized spacial score (nSPS) is 13.3. The Bertz CT molecular complexity index is 3030. The summed E-state index contributed by atoms with van der Waals surface area (Å²) >= 11 is 0. The zero-order valence-electron chi connectivity index (χ0n) is 40.0. The average molecular weight is 1180 g/mol. The van der Waals surface area contributed by atoms with Crippen LogP contribution in [-0.4, -0.2) is 12.7 Å². The van der Waals surface area contributed by atoms with Crippen LogP contribution in [0.1, 0.15) is 55.8 Å². The van der Waals surface area contributed by atoms with Crippen molar-refractivity contribution in [3.05, 3.63) is 218 Å². The Labute approximate surface area is 440 Å². The van der Waals surface area contributed by atoms with Gasteiger partial charge in [-0.15, -0.1) is 0 Å². The number of hydrogen-bond acceptors (Lipinski definition) is 1. The Balaban J connectivity index is 0.000000363. The predicted molar refractivity (Wildman–Crippen MR) is 247 cm³/mol.